The van der Waals surface area contributed by atoms with E-state index in [4.69, 9.17) is 4.74 Å². The molecule has 0 saturated heterocycles. The summed E-state index contributed by atoms with van der Waals surface area (Å²) in [5, 5.41) is 3.42. The Morgan fingerprint density at radius 2 is 2.11 bits per heavy atom. The maximum Gasteiger partial charge on any atom is 0.123 e. The number of benzene rings is 1. The fourth-order valence-electron chi connectivity index (χ4n) is 1.64. The molecule has 0 radical (unpaired) electrons. The van der Waals surface area contributed by atoms with Crippen molar-refractivity contribution in [2.45, 2.75) is 46.7 Å². The second kappa shape index (κ2) is 7.79. The highest BCUT2D eigenvalue weighted by atomic mass is 16.5. The first-order chi connectivity index (χ1) is 8.63. The second-order valence-electron chi connectivity index (χ2n) is 4.67. The summed E-state index contributed by atoms with van der Waals surface area (Å²) >= 11 is 0. The standard InChI is InChI=1S/C16H23NO/c1-5-6-7-10-18-16-9-8-14(4)11-15(16)12-17-13(2)3/h8-9,11,13,17H,7,10,12H2,1-4H3. The Hall–Kier alpha value is -1.46. The predicted octanol–water partition coefficient (Wildman–Crippen LogP) is 3.29. The van der Waals surface area contributed by atoms with Gasteiger partial charge in [-0.05, 0) is 19.9 Å². The molecule has 0 atom stereocenters. The first-order valence-electron chi connectivity index (χ1n) is 6.48. The molecular weight excluding hydrogens is 222 g/mol. The Morgan fingerprint density at radius 1 is 1.33 bits per heavy atom. The third-order valence-electron chi connectivity index (χ3n) is 2.58. The van der Waals surface area contributed by atoms with E-state index in [0.29, 0.717) is 12.6 Å². The van der Waals surface area contributed by atoms with Gasteiger partial charge in [0.1, 0.15) is 5.75 Å². The van der Waals surface area contributed by atoms with Crippen LogP contribution in [0, 0.1) is 18.8 Å². The summed E-state index contributed by atoms with van der Waals surface area (Å²) in [7, 11) is 0. The molecule has 98 valence electrons. The molecule has 1 rings (SSSR count). The van der Waals surface area contributed by atoms with Crippen LogP contribution in [-0.4, -0.2) is 12.6 Å². The average molecular weight is 245 g/mol. The van der Waals surface area contributed by atoms with Crippen molar-refractivity contribution < 1.29 is 4.74 Å². The van der Waals surface area contributed by atoms with Crippen molar-refractivity contribution in [1.82, 2.24) is 5.32 Å². The zero-order valence-electron chi connectivity index (χ0n) is 11.8. The molecule has 1 aromatic carbocycles. The maximum absolute atomic E-state index is 5.78. The first kappa shape index (κ1) is 14.6. The van der Waals surface area contributed by atoms with Gasteiger partial charge in [-0.15, -0.1) is 11.8 Å². The van der Waals surface area contributed by atoms with Gasteiger partial charge >= 0.3 is 0 Å². The summed E-state index contributed by atoms with van der Waals surface area (Å²) in [5.74, 6) is 6.85. The molecule has 0 aromatic heterocycles. The van der Waals surface area contributed by atoms with Crippen LogP contribution in [0.2, 0.25) is 0 Å². The minimum absolute atomic E-state index is 0.476. The van der Waals surface area contributed by atoms with Gasteiger partial charge in [-0.3, -0.25) is 0 Å². The Balaban J connectivity index is 2.65. The van der Waals surface area contributed by atoms with Gasteiger partial charge in [0.25, 0.3) is 0 Å². The van der Waals surface area contributed by atoms with E-state index in [1.807, 2.05) is 13.0 Å². The fraction of sp³-hybridized carbons (Fsp3) is 0.500. The van der Waals surface area contributed by atoms with Crippen LogP contribution in [0.15, 0.2) is 18.2 Å². The zero-order chi connectivity index (χ0) is 13.4. The Morgan fingerprint density at radius 3 is 2.78 bits per heavy atom. The molecule has 0 spiro atoms. The van der Waals surface area contributed by atoms with E-state index in [0.717, 1.165) is 18.7 Å². The van der Waals surface area contributed by atoms with Crippen molar-refractivity contribution in [2.24, 2.45) is 0 Å². The molecule has 1 N–H and O–H groups in total. The number of hydrogen-bond acceptors (Lipinski definition) is 2. The van der Waals surface area contributed by atoms with E-state index in [1.165, 1.54) is 11.1 Å². The fourth-order valence-corrected chi connectivity index (χ4v) is 1.64. The van der Waals surface area contributed by atoms with E-state index in [1.54, 1.807) is 0 Å². The average Bonchev–Trinajstić information content (AvgIpc) is 2.34. The lowest BCUT2D eigenvalue weighted by atomic mass is 10.1. The molecule has 0 saturated carbocycles. The van der Waals surface area contributed by atoms with E-state index < -0.39 is 0 Å². The molecule has 0 aliphatic heterocycles. The smallest absolute Gasteiger partial charge is 0.123 e. The Bertz CT molecular complexity index is 426. The van der Waals surface area contributed by atoms with Gasteiger partial charge in [0.15, 0.2) is 0 Å². The van der Waals surface area contributed by atoms with Crippen molar-refractivity contribution in [3.05, 3.63) is 29.3 Å². The molecule has 2 nitrogen and oxygen atoms in total. The SMILES string of the molecule is CC#CCCOc1ccc(C)cc1CNC(C)C. The van der Waals surface area contributed by atoms with Crippen molar-refractivity contribution in [3.8, 4) is 17.6 Å². The summed E-state index contributed by atoms with van der Waals surface area (Å²) in [5.41, 5.74) is 2.48. The largest absolute Gasteiger partial charge is 0.492 e. The van der Waals surface area contributed by atoms with E-state index >= 15 is 0 Å². The monoisotopic (exact) mass is 245 g/mol. The highest BCUT2D eigenvalue weighted by Crippen LogP contribution is 2.20. The summed E-state index contributed by atoms with van der Waals surface area (Å²) in [6, 6.07) is 6.78. The van der Waals surface area contributed by atoms with Crippen LogP contribution >= 0.6 is 0 Å². The van der Waals surface area contributed by atoms with Crippen LogP contribution in [0.5, 0.6) is 5.75 Å². The van der Waals surface area contributed by atoms with Gasteiger partial charge < -0.3 is 10.1 Å². The topological polar surface area (TPSA) is 21.3 Å². The maximum atomic E-state index is 5.78. The van der Waals surface area contributed by atoms with Crippen LogP contribution in [0.25, 0.3) is 0 Å². The van der Waals surface area contributed by atoms with Crippen molar-refractivity contribution >= 4 is 0 Å². The minimum Gasteiger partial charge on any atom is -0.492 e. The molecule has 0 bridgehead atoms. The van der Waals surface area contributed by atoms with E-state index in [9.17, 15) is 0 Å². The van der Waals surface area contributed by atoms with Crippen LogP contribution in [0.4, 0.5) is 0 Å². The Kier molecular flexibility index (Phi) is 6.32. The van der Waals surface area contributed by atoms with Crippen molar-refractivity contribution in [3.63, 3.8) is 0 Å². The zero-order valence-corrected chi connectivity index (χ0v) is 11.8. The van der Waals surface area contributed by atoms with Crippen LogP contribution in [0.3, 0.4) is 0 Å². The minimum atomic E-state index is 0.476. The van der Waals surface area contributed by atoms with E-state index in [2.05, 4.69) is 50.1 Å². The molecule has 1 aromatic rings. The number of aryl methyl sites for hydroxylation is 1. The molecular formula is C16H23NO. The summed E-state index contributed by atoms with van der Waals surface area (Å²) in [6.07, 6.45) is 0.779. The third-order valence-corrected chi connectivity index (χ3v) is 2.58. The van der Waals surface area contributed by atoms with Crippen LogP contribution in [-0.2, 0) is 6.54 Å². The molecule has 2 heteroatoms. The summed E-state index contributed by atoms with van der Waals surface area (Å²) in [6.45, 7) is 9.74. The molecule has 0 unspecified atom stereocenters. The number of hydrogen-bond donors (Lipinski definition) is 1. The highest BCUT2D eigenvalue weighted by Gasteiger charge is 2.04. The molecule has 0 aliphatic carbocycles. The van der Waals surface area contributed by atoms with Gasteiger partial charge in [-0.1, -0.05) is 31.5 Å². The lowest BCUT2D eigenvalue weighted by molar-refractivity contribution is 0.322. The van der Waals surface area contributed by atoms with Gasteiger partial charge in [-0.25, -0.2) is 0 Å². The van der Waals surface area contributed by atoms with Crippen LogP contribution < -0.4 is 10.1 Å². The second-order valence-corrected chi connectivity index (χ2v) is 4.67. The van der Waals surface area contributed by atoms with Gasteiger partial charge in [-0.2, -0.15) is 0 Å². The van der Waals surface area contributed by atoms with Gasteiger partial charge in [0.2, 0.25) is 0 Å². The molecule has 18 heavy (non-hydrogen) atoms. The molecule has 0 fully saturated rings. The normalized spacial score (nSPS) is 10.1. The first-order valence-corrected chi connectivity index (χ1v) is 6.48. The lowest BCUT2D eigenvalue weighted by Gasteiger charge is -2.14. The van der Waals surface area contributed by atoms with E-state index in [-0.39, 0.29) is 0 Å². The Labute approximate surface area is 111 Å². The highest BCUT2D eigenvalue weighted by molar-refractivity contribution is 5.36. The van der Waals surface area contributed by atoms with Crippen LogP contribution in [0.1, 0.15) is 38.3 Å². The number of ether oxygens (including phenoxy) is 1. The van der Waals surface area contributed by atoms with Crippen molar-refractivity contribution in [1.29, 1.82) is 0 Å². The third kappa shape index (κ3) is 5.25. The predicted molar refractivity (Wildman–Crippen MR) is 76.7 cm³/mol. The number of nitrogens with one attached hydrogen (secondary N) is 1. The van der Waals surface area contributed by atoms with Gasteiger partial charge in [0.05, 0.1) is 6.61 Å². The lowest BCUT2D eigenvalue weighted by Crippen LogP contribution is -2.22. The molecule has 0 heterocycles. The number of rotatable bonds is 6. The summed E-state index contributed by atoms with van der Waals surface area (Å²) in [4.78, 5) is 0. The van der Waals surface area contributed by atoms with Gasteiger partial charge in [0, 0.05) is 24.6 Å². The quantitative estimate of drug-likeness (QED) is 0.613. The molecule has 0 amide bonds. The molecule has 0 aliphatic rings. The summed E-state index contributed by atoms with van der Waals surface area (Å²) < 4.78 is 5.78. The van der Waals surface area contributed by atoms with Crippen molar-refractivity contribution in [2.75, 3.05) is 6.61 Å².